The van der Waals surface area contributed by atoms with E-state index in [0.29, 0.717) is 13.0 Å². The lowest BCUT2D eigenvalue weighted by Crippen LogP contribution is -2.26. The van der Waals surface area contributed by atoms with Crippen LogP contribution in [0.5, 0.6) is 0 Å². The maximum absolute atomic E-state index is 12.1. The molecule has 5 heteroatoms. The smallest absolute Gasteiger partial charge is 0.407 e. The van der Waals surface area contributed by atoms with Crippen molar-refractivity contribution in [1.29, 1.82) is 0 Å². The predicted octanol–water partition coefficient (Wildman–Crippen LogP) is 4.67. The van der Waals surface area contributed by atoms with E-state index in [1.807, 2.05) is 24.3 Å². The van der Waals surface area contributed by atoms with Crippen LogP contribution in [0.2, 0.25) is 0 Å². The van der Waals surface area contributed by atoms with E-state index in [1.165, 1.54) is 34.4 Å². The Bertz CT molecular complexity index is 1130. The highest BCUT2D eigenvalue weighted by atomic mass is 16.5. The zero-order valence-electron chi connectivity index (χ0n) is 16.8. The third-order valence-electron chi connectivity index (χ3n) is 5.23. The van der Waals surface area contributed by atoms with Gasteiger partial charge in [-0.1, -0.05) is 60.4 Å². The van der Waals surface area contributed by atoms with Gasteiger partial charge in [-0.25, -0.2) is 9.59 Å². The van der Waals surface area contributed by atoms with Crippen LogP contribution < -0.4 is 5.32 Å². The second-order valence-electron chi connectivity index (χ2n) is 7.19. The highest BCUT2D eigenvalue weighted by Gasteiger charge is 2.28. The van der Waals surface area contributed by atoms with Crippen molar-refractivity contribution in [3.05, 3.63) is 95.1 Å². The van der Waals surface area contributed by atoms with Crippen molar-refractivity contribution in [2.75, 3.05) is 13.2 Å². The Balaban J connectivity index is 1.27. The molecule has 0 bridgehead atoms. The normalized spacial score (nSPS) is 11.6. The standard InChI is InChI=1S/C26H21NO4/c28-25(29)19-14-12-18(13-15-19)7-5-6-16-27-26(30)31-17-24-22-10-3-1-8-20(22)21-9-2-4-11-23(21)24/h1-4,8-15,24H,6,16-17H2,(H,27,30)(H,28,29). The van der Waals surface area contributed by atoms with Gasteiger partial charge in [-0.15, -0.1) is 0 Å². The lowest BCUT2D eigenvalue weighted by molar-refractivity contribution is 0.0696. The molecule has 0 radical (unpaired) electrons. The average Bonchev–Trinajstić information content (AvgIpc) is 3.11. The van der Waals surface area contributed by atoms with Gasteiger partial charge in [0.15, 0.2) is 0 Å². The van der Waals surface area contributed by atoms with Gasteiger partial charge in [0.2, 0.25) is 0 Å². The first-order valence-electron chi connectivity index (χ1n) is 10.0. The summed E-state index contributed by atoms with van der Waals surface area (Å²) in [4.78, 5) is 23.0. The van der Waals surface area contributed by atoms with Crippen LogP contribution in [0.1, 0.15) is 39.4 Å². The molecule has 2 N–H and O–H groups in total. The number of carbonyl (C=O) groups excluding carboxylic acids is 1. The molecular formula is C26H21NO4. The Hall–Kier alpha value is -4.04. The number of carboxylic acid groups (broad SMARTS) is 1. The van der Waals surface area contributed by atoms with Gasteiger partial charge >= 0.3 is 12.1 Å². The number of amides is 1. The molecule has 154 valence electrons. The molecule has 0 heterocycles. The molecule has 0 saturated heterocycles. The summed E-state index contributed by atoms with van der Waals surface area (Å²) in [5, 5.41) is 11.6. The molecule has 4 rings (SSSR count). The molecule has 5 nitrogen and oxygen atoms in total. The zero-order chi connectivity index (χ0) is 21.6. The van der Waals surface area contributed by atoms with E-state index >= 15 is 0 Å². The molecule has 3 aromatic rings. The fourth-order valence-electron chi connectivity index (χ4n) is 3.74. The summed E-state index contributed by atoms with van der Waals surface area (Å²) in [5.74, 6) is 4.98. The number of nitrogens with one attached hydrogen (secondary N) is 1. The molecule has 0 fully saturated rings. The molecule has 0 aliphatic heterocycles. The minimum atomic E-state index is -0.966. The third-order valence-corrected chi connectivity index (χ3v) is 5.23. The number of alkyl carbamates (subject to hydrolysis) is 1. The number of rotatable bonds is 5. The highest BCUT2D eigenvalue weighted by Crippen LogP contribution is 2.44. The van der Waals surface area contributed by atoms with Crippen LogP contribution >= 0.6 is 0 Å². The molecule has 1 aliphatic carbocycles. The Kier molecular flexibility index (Phi) is 6.00. The van der Waals surface area contributed by atoms with Crippen LogP contribution in [0.25, 0.3) is 11.1 Å². The second-order valence-corrected chi connectivity index (χ2v) is 7.19. The number of hydrogen-bond acceptors (Lipinski definition) is 3. The minimum absolute atomic E-state index is 0.0340. The first kappa shape index (κ1) is 20.2. The first-order chi connectivity index (χ1) is 15.1. The predicted molar refractivity (Wildman–Crippen MR) is 118 cm³/mol. The summed E-state index contributed by atoms with van der Waals surface area (Å²) in [6, 6.07) is 22.8. The van der Waals surface area contributed by atoms with Crippen LogP contribution in [0.4, 0.5) is 4.79 Å². The molecular weight excluding hydrogens is 390 g/mol. The van der Waals surface area contributed by atoms with Gasteiger partial charge in [0.25, 0.3) is 0 Å². The summed E-state index contributed by atoms with van der Waals surface area (Å²) in [6.07, 6.45) is -0.000279. The van der Waals surface area contributed by atoms with E-state index in [4.69, 9.17) is 9.84 Å². The van der Waals surface area contributed by atoms with Crippen molar-refractivity contribution in [1.82, 2.24) is 5.32 Å². The average molecular weight is 411 g/mol. The monoisotopic (exact) mass is 411 g/mol. The van der Waals surface area contributed by atoms with Crippen LogP contribution in [0.3, 0.4) is 0 Å². The molecule has 0 aromatic heterocycles. The highest BCUT2D eigenvalue weighted by molar-refractivity contribution is 5.87. The molecule has 0 saturated carbocycles. The van der Waals surface area contributed by atoms with Crippen molar-refractivity contribution in [3.8, 4) is 23.0 Å². The van der Waals surface area contributed by atoms with Crippen molar-refractivity contribution in [2.45, 2.75) is 12.3 Å². The zero-order valence-corrected chi connectivity index (χ0v) is 16.8. The summed E-state index contributed by atoms with van der Waals surface area (Å²) >= 11 is 0. The van der Waals surface area contributed by atoms with Crippen LogP contribution in [0.15, 0.2) is 72.8 Å². The number of carbonyl (C=O) groups is 2. The van der Waals surface area contributed by atoms with E-state index in [2.05, 4.69) is 41.4 Å². The topological polar surface area (TPSA) is 75.6 Å². The van der Waals surface area contributed by atoms with Crippen LogP contribution in [-0.2, 0) is 4.74 Å². The van der Waals surface area contributed by atoms with Crippen LogP contribution in [0, 0.1) is 11.8 Å². The Morgan fingerprint density at radius 1 is 0.903 bits per heavy atom. The Morgan fingerprint density at radius 3 is 2.13 bits per heavy atom. The van der Waals surface area contributed by atoms with Gasteiger partial charge in [-0.3, -0.25) is 0 Å². The van der Waals surface area contributed by atoms with E-state index in [-0.39, 0.29) is 18.1 Å². The Morgan fingerprint density at radius 2 is 1.52 bits per heavy atom. The number of aromatic carboxylic acids is 1. The fraction of sp³-hybridized carbons (Fsp3) is 0.154. The van der Waals surface area contributed by atoms with E-state index in [9.17, 15) is 9.59 Å². The van der Waals surface area contributed by atoms with Crippen molar-refractivity contribution in [2.24, 2.45) is 0 Å². The molecule has 0 atom stereocenters. The van der Waals surface area contributed by atoms with Gasteiger partial charge in [-0.05, 0) is 46.5 Å². The molecule has 31 heavy (non-hydrogen) atoms. The van der Waals surface area contributed by atoms with Crippen molar-refractivity contribution < 1.29 is 19.4 Å². The van der Waals surface area contributed by atoms with E-state index in [1.54, 1.807) is 12.1 Å². The molecule has 3 aromatic carbocycles. The maximum Gasteiger partial charge on any atom is 0.407 e. The number of hydrogen-bond donors (Lipinski definition) is 2. The largest absolute Gasteiger partial charge is 0.478 e. The number of benzene rings is 3. The SMILES string of the molecule is O=C(NCCC#Cc1ccc(C(=O)O)cc1)OCC1c2ccccc2-c2ccccc21. The van der Waals surface area contributed by atoms with Gasteiger partial charge in [-0.2, -0.15) is 0 Å². The first-order valence-corrected chi connectivity index (χ1v) is 10.0. The summed E-state index contributed by atoms with van der Waals surface area (Å²) < 4.78 is 5.49. The molecule has 0 unspecified atom stereocenters. The number of carboxylic acids is 1. The third kappa shape index (κ3) is 4.59. The summed E-state index contributed by atoms with van der Waals surface area (Å²) in [5.41, 5.74) is 5.69. The van der Waals surface area contributed by atoms with Gasteiger partial charge < -0.3 is 15.2 Å². The maximum atomic E-state index is 12.1. The lowest BCUT2D eigenvalue weighted by Gasteiger charge is -2.14. The van der Waals surface area contributed by atoms with Gasteiger partial charge in [0, 0.05) is 24.4 Å². The van der Waals surface area contributed by atoms with Gasteiger partial charge in [0.05, 0.1) is 5.56 Å². The number of fused-ring (bicyclic) bond motifs is 3. The van der Waals surface area contributed by atoms with E-state index < -0.39 is 12.1 Å². The summed E-state index contributed by atoms with van der Waals surface area (Å²) in [6.45, 7) is 0.651. The fourth-order valence-corrected chi connectivity index (χ4v) is 3.74. The van der Waals surface area contributed by atoms with Crippen molar-refractivity contribution in [3.63, 3.8) is 0 Å². The lowest BCUT2D eigenvalue weighted by atomic mass is 9.98. The second kappa shape index (κ2) is 9.19. The number of ether oxygens (including phenoxy) is 1. The minimum Gasteiger partial charge on any atom is -0.478 e. The Labute approximate surface area is 180 Å². The van der Waals surface area contributed by atoms with Gasteiger partial charge in [0.1, 0.15) is 6.61 Å². The quantitative estimate of drug-likeness (QED) is 0.473. The summed E-state index contributed by atoms with van der Waals surface area (Å²) in [7, 11) is 0. The molecule has 1 aliphatic rings. The molecule has 1 amide bonds. The van der Waals surface area contributed by atoms with Crippen LogP contribution in [-0.4, -0.2) is 30.3 Å². The molecule has 0 spiro atoms. The van der Waals surface area contributed by atoms with Crippen molar-refractivity contribution >= 4 is 12.1 Å². The van der Waals surface area contributed by atoms with E-state index in [0.717, 1.165) is 5.56 Å².